The van der Waals surface area contributed by atoms with Gasteiger partial charge in [-0.1, -0.05) is 23.4 Å². The Balaban J connectivity index is 1.31. The molecule has 54 heavy (non-hydrogen) atoms. The summed E-state index contributed by atoms with van der Waals surface area (Å²) in [6.07, 6.45) is 4.17. The largest absolute Gasteiger partial charge is 0.355 e. The van der Waals surface area contributed by atoms with Crippen molar-refractivity contribution in [1.82, 2.24) is 29.1 Å². The number of nitrogens with one attached hydrogen (secondary N) is 1. The van der Waals surface area contributed by atoms with E-state index in [0.717, 1.165) is 6.92 Å². The standard InChI is InChI=1S/C37H35ClF2N8O4S2/c1-5-54(51,52)45-35(49)29-20-53-33-26(10-13-42-32(29)33)27-17-24(38)9-8-23(27)7-6-14-48-22(2)44-30-19-43-34(28(18-41)31(30)36(48)50)46(4)25-11-15-47(16-12-25)21-37(3,39)40/h8-10,13,17,19-20,25H,5,11-12,14-16,21H2,1-4H3,(H,45,49). The van der Waals surface area contributed by atoms with Crippen molar-refractivity contribution in [2.45, 2.75) is 52.1 Å². The molecule has 1 N–H and O–H groups in total. The Labute approximate surface area is 319 Å². The third-order valence-electron chi connectivity index (χ3n) is 9.28. The highest BCUT2D eigenvalue weighted by Crippen LogP contribution is 2.36. The van der Waals surface area contributed by atoms with Gasteiger partial charge < -0.3 is 4.90 Å². The summed E-state index contributed by atoms with van der Waals surface area (Å²) in [6, 6.07) is 8.98. The summed E-state index contributed by atoms with van der Waals surface area (Å²) in [5, 5.41) is 12.4. The summed E-state index contributed by atoms with van der Waals surface area (Å²) in [5.41, 5.74) is 2.21. The average Bonchev–Trinajstić information content (AvgIpc) is 3.57. The fraction of sp³-hybridized carbons (Fsp3) is 0.351. The Morgan fingerprint density at radius 3 is 2.63 bits per heavy atom. The van der Waals surface area contributed by atoms with E-state index in [1.807, 2.05) is 4.90 Å². The van der Waals surface area contributed by atoms with Gasteiger partial charge >= 0.3 is 0 Å². The van der Waals surface area contributed by atoms with Crippen molar-refractivity contribution in [3.8, 4) is 29.0 Å². The molecule has 12 nitrogen and oxygen atoms in total. The molecular formula is C37H35ClF2N8O4S2. The van der Waals surface area contributed by atoms with Gasteiger partial charge in [0.25, 0.3) is 17.4 Å². The molecule has 0 saturated carbocycles. The lowest BCUT2D eigenvalue weighted by Crippen LogP contribution is -2.46. The molecule has 0 atom stereocenters. The van der Waals surface area contributed by atoms with Crippen LogP contribution in [0.25, 0.3) is 32.2 Å². The monoisotopic (exact) mass is 792 g/mol. The number of nitriles is 1. The quantitative estimate of drug-likeness (QED) is 0.187. The molecule has 1 aliphatic heterocycles. The van der Waals surface area contributed by atoms with Crippen LogP contribution in [0.2, 0.25) is 5.02 Å². The highest BCUT2D eigenvalue weighted by Gasteiger charge is 2.31. The van der Waals surface area contributed by atoms with Crippen molar-refractivity contribution in [3.63, 3.8) is 0 Å². The first-order valence-electron chi connectivity index (χ1n) is 16.9. The maximum Gasteiger partial charge on any atom is 0.267 e. The number of hydrogen-bond donors (Lipinski definition) is 1. The second-order valence-corrected chi connectivity index (χ2v) is 16.4. The molecule has 6 rings (SSSR count). The Hall–Kier alpha value is -5.00. The zero-order valence-corrected chi connectivity index (χ0v) is 32.2. The first kappa shape index (κ1) is 38.7. The van der Waals surface area contributed by atoms with Crippen LogP contribution in [0.5, 0.6) is 0 Å². The number of piperidine rings is 1. The Bertz CT molecular complexity index is 2560. The van der Waals surface area contributed by atoms with Gasteiger partial charge in [-0.3, -0.25) is 24.0 Å². The number of sulfonamides is 1. The van der Waals surface area contributed by atoms with Crippen LogP contribution in [0.3, 0.4) is 0 Å². The van der Waals surface area contributed by atoms with E-state index < -0.39 is 27.4 Å². The number of aromatic nitrogens is 4. The number of rotatable bonds is 9. The van der Waals surface area contributed by atoms with E-state index in [1.54, 1.807) is 48.5 Å². The zero-order chi connectivity index (χ0) is 38.9. The van der Waals surface area contributed by atoms with Gasteiger partial charge in [-0.25, -0.2) is 31.9 Å². The number of carbonyl (C=O) groups is 1. The number of benzene rings is 1. The first-order chi connectivity index (χ1) is 25.6. The molecule has 280 valence electrons. The highest BCUT2D eigenvalue weighted by molar-refractivity contribution is 7.90. The topological polar surface area (TPSA) is 154 Å². The van der Waals surface area contributed by atoms with Gasteiger partial charge in [0.05, 0.1) is 51.7 Å². The van der Waals surface area contributed by atoms with Crippen LogP contribution >= 0.6 is 22.9 Å². The third-order valence-corrected chi connectivity index (χ3v) is 11.8. The second kappa shape index (κ2) is 15.4. The lowest BCUT2D eigenvalue weighted by molar-refractivity contribution is -0.0198. The molecule has 1 aliphatic rings. The van der Waals surface area contributed by atoms with Crippen LogP contribution in [-0.4, -0.2) is 83.1 Å². The number of likely N-dealkylation sites (tertiary alicyclic amines) is 1. The summed E-state index contributed by atoms with van der Waals surface area (Å²) >= 11 is 7.65. The van der Waals surface area contributed by atoms with Crippen molar-refractivity contribution < 1.29 is 22.0 Å². The molecular weight excluding hydrogens is 758 g/mol. The van der Waals surface area contributed by atoms with E-state index in [1.165, 1.54) is 35.2 Å². The number of nitrogens with zero attached hydrogens (tertiary/aromatic N) is 7. The number of anilines is 1. The van der Waals surface area contributed by atoms with Crippen molar-refractivity contribution in [2.75, 3.05) is 37.3 Å². The summed E-state index contributed by atoms with van der Waals surface area (Å²) in [5.74, 6) is 3.07. The van der Waals surface area contributed by atoms with E-state index in [9.17, 15) is 32.0 Å². The van der Waals surface area contributed by atoms with E-state index in [-0.39, 0.29) is 46.9 Å². The molecule has 0 bridgehead atoms. The lowest BCUT2D eigenvalue weighted by Gasteiger charge is -2.38. The summed E-state index contributed by atoms with van der Waals surface area (Å²) in [4.78, 5) is 43.9. The van der Waals surface area contributed by atoms with E-state index in [4.69, 9.17) is 11.6 Å². The number of halogens is 3. The number of aryl methyl sites for hydroxylation is 1. The number of pyridine rings is 2. The predicted molar refractivity (Wildman–Crippen MR) is 206 cm³/mol. The van der Waals surface area contributed by atoms with Crippen molar-refractivity contribution in [3.05, 3.63) is 79.9 Å². The third kappa shape index (κ3) is 8.07. The smallest absolute Gasteiger partial charge is 0.267 e. The molecule has 5 heterocycles. The molecule has 1 fully saturated rings. The molecule has 0 aliphatic carbocycles. The summed E-state index contributed by atoms with van der Waals surface area (Å²) in [7, 11) is -2.00. The summed E-state index contributed by atoms with van der Waals surface area (Å²) in [6.45, 7) is 4.57. The van der Waals surface area contributed by atoms with Gasteiger partial charge in [0.1, 0.15) is 23.3 Å². The highest BCUT2D eigenvalue weighted by atomic mass is 35.5. The molecule has 0 radical (unpaired) electrons. The maximum atomic E-state index is 14.0. The first-order valence-corrected chi connectivity index (χ1v) is 19.8. The van der Waals surface area contributed by atoms with Gasteiger partial charge in [-0.05, 0) is 51.0 Å². The minimum atomic E-state index is -3.79. The molecule has 1 saturated heterocycles. The summed E-state index contributed by atoms with van der Waals surface area (Å²) < 4.78 is 55.3. The van der Waals surface area contributed by atoms with Crippen molar-refractivity contribution >= 4 is 65.8 Å². The Kier molecular flexibility index (Phi) is 11.0. The number of hydrogen-bond acceptors (Lipinski definition) is 11. The number of thiophene rings is 1. The molecule has 1 amide bonds. The number of alkyl halides is 2. The van der Waals surface area contributed by atoms with Crippen molar-refractivity contribution in [2.24, 2.45) is 0 Å². The Morgan fingerprint density at radius 2 is 1.94 bits per heavy atom. The van der Waals surface area contributed by atoms with Gasteiger partial charge in [0.2, 0.25) is 10.0 Å². The van der Waals surface area contributed by atoms with Crippen LogP contribution in [0.15, 0.2) is 46.8 Å². The molecule has 4 aromatic heterocycles. The molecule has 0 spiro atoms. The molecule has 17 heteroatoms. The van der Waals surface area contributed by atoms with Crippen LogP contribution in [-0.2, 0) is 16.6 Å². The maximum absolute atomic E-state index is 14.0. The van der Waals surface area contributed by atoms with Gasteiger partial charge in [-0.15, -0.1) is 11.3 Å². The molecule has 1 aromatic carbocycles. The fourth-order valence-electron chi connectivity index (χ4n) is 6.54. The lowest BCUT2D eigenvalue weighted by atomic mass is 10.00. The van der Waals surface area contributed by atoms with E-state index in [0.29, 0.717) is 69.5 Å². The minimum Gasteiger partial charge on any atom is -0.355 e. The predicted octanol–water partition coefficient (Wildman–Crippen LogP) is 5.59. The zero-order valence-electron chi connectivity index (χ0n) is 29.8. The SMILES string of the molecule is CCS(=O)(=O)NC(=O)c1csc2c(-c3cc(Cl)ccc3C#CCn3c(C)nc4cnc(N(C)C5CCN(CC(C)(F)F)CC5)c(C#N)c4c3=O)ccnc12. The van der Waals surface area contributed by atoms with Gasteiger partial charge in [-0.2, -0.15) is 5.26 Å². The van der Waals surface area contributed by atoms with Gasteiger partial charge in [0, 0.05) is 66.4 Å². The van der Waals surface area contributed by atoms with Crippen LogP contribution in [0.4, 0.5) is 14.6 Å². The fourth-order valence-corrected chi connectivity index (χ4v) is 8.28. The number of amides is 1. The van der Waals surface area contributed by atoms with Crippen LogP contribution in [0.1, 0.15) is 54.0 Å². The number of carbonyl (C=O) groups excluding carboxylic acids is 1. The number of fused-ring (bicyclic) bond motifs is 2. The van der Waals surface area contributed by atoms with Crippen LogP contribution < -0.4 is 15.2 Å². The van der Waals surface area contributed by atoms with Crippen molar-refractivity contribution in [1.29, 1.82) is 5.26 Å². The second-order valence-electron chi connectivity index (χ2n) is 13.1. The van der Waals surface area contributed by atoms with E-state index >= 15 is 0 Å². The molecule has 0 unspecified atom stereocenters. The Morgan fingerprint density at radius 1 is 1.20 bits per heavy atom. The van der Waals surface area contributed by atoms with E-state index in [2.05, 4.69) is 37.6 Å². The molecule has 5 aromatic rings. The van der Waals surface area contributed by atoms with Crippen LogP contribution in [0, 0.1) is 30.1 Å². The minimum absolute atomic E-state index is 0.0600. The normalized spacial score (nSPS) is 14.1. The van der Waals surface area contributed by atoms with Gasteiger partial charge in [0.15, 0.2) is 0 Å². The average molecular weight is 793 g/mol.